The highest BCUT2D eigenvalue weighted by Gasteiger charge is 2.08. The number of carbonyl (C=O) groups is 1. The molecule has 2 aromatic rings. The van der Waals surface area contributed by atoms with E-state index in [9.17, 15) is 4.79 Å². The normalized spacial score (nSPS) is 10.1. The predicted octanol–water partition coefficient (Wildman–Crippen LogP) is 2.27. The second-order valence-corrected chi connectivity index (χ2v) is 3.86. The van der Waals surface area contributed by atoms with Gasteiger partial charge in [-0.25, -0.2) is 4.98 Å². The molecule has 1 N–H and O–H groups in total. The van der Waals surface area contributed by atoms with Gasteiger partial charge in [0, 0.05) is 11.8 Å². The van der Waals surface area contributed by atoms with Crippen LogP contribution >= 0.6 is 11.3 Å². The second kappa shape index (κ2) is 4.23. The average Bonchev–Trinajstić information content (AvgIpc) is 2.74. The molecule has 0 unspecified atom stereocenters. The van der Waals surface area contributed by atoms with Crippen LogP contribution in [0.5, 0.6) is 5.75 Å². The number of benzene rings is 1. The van der Waals surface area contributed by atoms with E-state index in [1.807, 2.05) is 0 Å². The Morgan fingerprint density at radius 3 is 2.67 bits per heavy atom. The summed E-state index contributed by atoms with van der Waals surface area (Å²) < 4.78 is 0. The SMILES string of the molecule is O=C(Cc1ccc(O)cc1)c1cscn1. The monoisotopic (exact) mass is 219 g/mol. The summed E-state index contributed by atoms with van der Waals surface area (Å²) in [4.78, 5) is 15.6. The molecule has 0 saturated carbocycles. The van der Waals surface area contributed by atoms with Crippen LogP contribution in [0.15, 0.2) is 35.2 Å². The molecule has 0 aliphatic carbocycles. The molecule has 15 heavy (non-hydrogen) atoms. The molecule has 0 bridgehead atoms. The first-order chi connectivity index (χ1) is 7.25. The third-order valence-corrected chi connectivity index (χ3v) is 2.61. The highest BCUT2D eigenvalue weighted by Crippen LogP contribution is 2.12. The first-order valence-corrected chi connectivity index (χ1v) is 5.39. The van der Waals surface area contributed by atoms with Crippen LogP contribution in [0.25, 0.3) is 0 Å². The number of carbonyl (C=O) groups excluding carboxylic acids is 1. The number of hydrogen-bond acceptors (Lipinski definition) is 4. The van der Waals surface area contributed by atoms with E-state index >= 15 is 0 Å². The van der Waals surface area contributed by atoms with Crippen molar-refractivity contribution in [3.8, 4) is 5.75 Å². The molecule has 0 radical (unpaired) electrons. The molecule has 4 heteroatoms. The Bertz CT molecular complexity index is 448. The maximum Gasteiger partial charge on any atom is 0.186 e. The number of rotatable bonds is 3. The van der Waals surface area contributed by atoms with Crippen molar-refractivity contribution in [2.24, 2.45) is 0 Å². The van der Waals surface area contributed by atoms with Crippen molar-refractivity contribution >= 4 is 17.1 Å². The van der Waals surface area contributed by atoms with Gasteiger partial charge in [0.15, 0.2) is 5.78 Å². The third-order valence-electron chi connectivity index (χ3n) is 2.02. The molecule has 1 aromatic carbocycles. The first kappa shape index (κ1) is 9.86. The fourth-order valence-electron chi connectivity index (χ4n) is 1.24. The van der Waals surface area contributed by atoms with Crippen LogP contribution in [-0.4, -0.2) is 15.9 Å². The minimum Gasteiger partial charge on any atom is -0.508 e. The van der Waals surface area contributed by atoms with Gasteiger partial charge in [0.25, 0.3) is 0 Å². The number of phenols is 1. The predicted molar refractivity (Wildman–Crippen MR) is 58.3 cm³/mol. The summed E-state index contributed by atoms with van der Waals surface area (Å²) in [5.41, 5.74) is 3.03. The van der Waals surface area contributed by atoms with Gasteiger partial charge in [-0.2, -0.15) is 0 Å². The average molecular weight is 219 g/mol. The zero-order chi connectivity index (χ0) is 10.7. The van der Waals surface area contributed by atoms with Gasteiger partial charge < -0.3 is 5.11 Å². The summed E-state index contributed by atoms with van der Waals surface area (Å²) >= 11 is 1.41. The molecule has 1 heterocycles. The lowest BCUT2D eigenvalue weighted by molar-refractivity contribution is 0.0989. The molecule has 1 aromatic heterocycles. The van der Waals surface area contributed by atoms with Crippen LogP contribution in [0.2, 0.25) is 0 Å². The Morgan fingerprint density at radius 2 is 2.07 bits per heavy atom. The Hall–Kier alpha value is -1.68. The maximum absolute atomic E-state index is 11.6. The molecular formula is C11H9NO2S. The summed E-state index contributed by atoms with van der Waals surface area (Å²) in [6.45, 7) is 0. The van der Waals surface area contributed by atoms with Crippen molar-refractivity contribution in [3.05, 3.63) is 46.4 Å². The number of hydrogen-bond donors (Lipinski definition) is 1. The van der Waals surface area contributed by atoms with Crippen molar-refractivity contribution < 1.29 is 9.90 Å². The lowest BCUT2D eigenvalue weighted by Crippen LogP contribution is -2.03. The van der Waals surface area contributed by atoms with Gasteiger partial charge in [-0.05, 0) is 17.7 Å². The summed E-state index contributed by atoms with van der Waals surface area (Å²) in [6, 6.07) is 6.62. The molecule has 0 aliphatic rings. The van der Waals surface area contributed by atoms with E-state index < -0.39 is 0 Å². The first-order valence-electron chi connectivity index (χ1n) is 4.45. The Labute approximate surface area is 91.0 Å². The van der Waals surface area contributed by atoms with Gasteiger partial charge in [0.2, 0.25) is 0 Å². The van der Waals surface area contributed by atoms with Gasteiger partial charge >= 0.3 is 0 Å². The molecule has 0 atom stereocenters. The lowest BCUT2D eigenvalue weighted by atomic mass is 10.1. The molecule has 0 aliphatic heterocycles. The van der Waals surface area contributed by atoms with Crippen molar-refractivity contribution in [2.45, 2.75) is 6.42 Å². The zero-order valence-corrected chi connectivity index (χ0v) is 8.70. The van der Waals surface area contributed by atoms with Gasteiger partial charge in [-0.15, -0.1) is 11.3 Å². The number of thiazole rings is 1. The minimum atomic E-state index is 0.00180. The topological polar surface area (TPSA) is 50.2 Å². The smallest absolute Gasteiger partial charge is 0.186 e. The summed E-state index contributed by atoms with van der Waals surface area (Å²) in [5.74, 6) is 0.210. The van der Waals surface area contributed by atoms with Crippen LogP contribution in [0.3, 0.4) is 0 Å². The van der Waals surface area contributed by atoms with E-state index in [0.717, 1.165) is 5.56 Å². The second-order valence-electron chi connectivity index (χ2n) is 3.14. The zero-order valence-electron chi connectivity index (χ0n) is 7.88. The fraction of sp³-hybridized carbons (Fsp3) is 0.0909. The van der Waals surface area contributed by atoms with E-state index in [0.29, 0.717) is 12.1 Å². The number of nitrogens with zero attached hydrogens (tertiary/aromatic N) is 1. The van der Waals surface area contributed by atoms with E-state index in [2.05, 4.69) is 4.98 Å². The van der Waals surface area contributed by atoms with E-state index in [1.165, 1.54) is 11.3 Å². The standard InChI is InChI=1S/C11H9NO2S/c13-9-3-1-8(2-4-9)5-11(14)10-6-15-7-12-10/h1-4,6-7,13H,5H2. The highest BCUT2D eigenvalue weighted by molar-refractivity contribution is 7.07. The summed E-state index contributed by atoms with van der Waals surface area (Å²) in [7, 11) is 0. The molecule has 3 nitrogen and oxygen atoms in total. The largest absolute Gasteiger partial charge is 0.508 e. The van der Waals surface area contributed by atoms with E-state index in [4.69, 9.17) is 5.11 Å². The van der Waals surface area contributed by atoms with Crippen molar-refractivity contribution in [3.63, 3.8) is 0 Å². The van der Waals surface area contributed by atoms with E-state index in [-0.39, 0.29) is 11.5 Å². The van der Waals surface area contributed by atoms with E-state index in [1.54, 1.807) is 35.2 Å². The van der Waals surface area contributed by atoms with Gasteiger partial charge in [-0.3, -0.25) is 4.79 Å². The highest BCUT2D eigenvalue weighted by atomic mass is 32.1. The van der Waals surface area contributed by atoms with Crippen LogP contribution in [-0.2, 0) is 6.42 Å². The van der Waals surface area contributed by atoms with Crippen molar-refractivity contribution in [1.29, 1.82) is 0 Å². The number of phenolic OH excluding ortho intramolecular Hbond substituents is 1. The molecular weight excluding hydrogens is 210 g/mol. The molecule has 0 saturated heterocycles. The number of ketones is 1. The quantitative estimate of drug-likeness (QED) is 0.806. The van der Waals surface area contributed by atoms with Crippen molar-refractivity contribution in [2.75, 3.05) is 0 Å². The number of Topliss-reactive ketones (excluding diaryl/α,β-unsaturated/α-hetero) is 1. The van der Waals surface area contributed by atoms with Crippen LogP contribution in [0.1, 0.15) is 16.1 Å². The Kier molecular flexibility index (Phi) is 2.78. The van der Waals surface area contributed by atoms with Crippen LogP contribution in [0, 0.1) is 0 Å². The minimum absolute atomic E-state index is 0.00180. The fourth-order valence-corrected chi connectivity index (χ4v) is 1.80. The molecule has 0 spiro atoms. The van der Waals surface area contributed by atoms with Gasteiger partial charge in [0.05, 0.1) is 5.51 Å². The Morgan fingerprint density at radius 1 is 1.33 bits per heavy atom. The lowest BCUT2D eigenvalue weighted by Gasteiger charge is -1.98. The van der Waals surface area contributed by atoms with Crippen molar-refractivity contribution in [1.82, 2.24) is 4.98 Å². The maximum atomic E-state index is 11.6. The van der Waals surface area contributed by atoms with Gasteiger partial charge in [-0.1, -0.05) is 12.1 Å². The summed E-state index contributed by atoms with van der Waals surface area (Å²) in [6.07, 6.45) is 0.323. The number of aromatic hydroxyl groups is 1. The molecule has 2 rings (SSSR count). The third kappa shape index (κ3) is 2.41. The summed E-state index contributed by atoms with van der Waals surface area (Å²) in [5, 5.41) is 10.8. The number of aromatic nitrogens is 1. The van der Waals surface area contributed by atoms with Crippen LogP contribution < -0.4 is 0 Å². The molecule has 0 fully saturated rings. The molecule has 0 amide bonds. The van der Waals surface area contributed by atoms with Gasteiger partial charge in [0.1, 0.15) is 11.4 Å². The van der Waals surface area contributed by atoms with Crippen LogP contribution in [0.4, 0.5) is 0 Å². The Balaban J connectivity index is 2.09. The molecule has 76 valence electrons.